The summed E-state index contributed by atoms with van der Waals surface area (Å²) in [5.41, 5.74) is 1.79. The molecule has 0 spiro atoms. The van der Waals surface area contributed by atoms with Crippen LogP contribution in [0.4, 0.5) is 0 Å². The van der Waals surface area contributed by atoms with Gasteiger partial charge in [0.1, 0.15) is 12.2 Å². The maximum atomic E-state index is 10.8. The van der Waals surface area contributed by atoms with Crippen molar-refractivity contribution in [1.82, 2.24) is 10.6 Å². The molecule has 0 bridgehead atoms. The molecule has 0 saturated carbocycles. The van der Waals surface area contributed by atoms with Gasteiger partial charge in [-0.2, -0.15) is 0 Å². The van der Waals surface area contributed by atoms with Crippen molar-refractivity contribution in [2.75, 3.05) is 6.54 Å². The van der Waals surface area contributed by atoms with Gasteiger partial charge in [-0.25, -0.2) is 0 Å². The van der Waals surface area contributed by atoms with Gasteiger partial charge in [-0.05, 0) is 31.9 Å². The Labute approximate surface area is 126 Å². The van der Waals surface area contributed by atoms with Crippen molar-refractivity contribution < 1.29 is 15.0 Å². The minimum Gasteiger partial charge on any atom is -0.388 e. The van der Waals surface area contributed by atoms with Crippen LogP contribution < -0.4 is 10.6 Å². The minimum absolute atomic E-state index is 0.0316. The van der Waals surface area contributed by atoms with Crippen LogP contribution in [-0.2, 0) is 11.3 Å². The average molecular weight is 294 g/mol. The Balaban J connectivity index is 2.58. The normalized spacial score (nSPS) is 14.6. The third-order valence-electron chi connectivity index (χ3n) is 3.07. The fourth-order valence-corrected chi connectivity index (χ4v) is 1.78. The second-order valence-corrected chi connectivity index (χ2v) is 6.29. The van der Waals surface area contributed by atoms with E-state index < -0.39 is 12.2 Å². The minimum atomic E-state index is -1.02. The van der Waals surface area contributed by atoms with E-state index >= 15 is 0 Å². The summed E-state index contributed by atoms with van der Waals surface area (Å²) in [6, 6.07) is 7.42. The molecule has 118 valence electrons. The zero-order valence-electron chi connectivity index (χ0n) is 13.2. The molecule has 4 N–H and O–H groups in total. The Kier molecular flexibility index (Phi) is 6.33. The summed E-state index contributed by atoms with van der Waals surface area (Å²) in [7, 11) is 0. The van der Waals surface area contributed by atoms with Crippen LogP contribution in [0.2, 0.25) is 0 Å². The molecule has 1 aromatic rings. The monoisotopic (exact) mass is 294 g/mol. The van der Waals surface area contributed by atoms with Gasteiger partial charge in [0.15, 0.2) is 0 Å². The highest BCUT2D eigenvalue weighted by molar-refractivity contribution is 5.72. The molecule has 0 heterocycles. The number of amides is 1. The topological polar surface area (TPSA) is 81.6 Å². The fourth-order valence-electron chi connectivity index (χ4n) is 1.78. The molecule has 1 aromatic carbocycles. The second kappa shape index (κ2) is 7.54. The molecule has 2 unspecified atom stereocenters. The first-order chi connectivity index (χ1) is 9.69. The van der Waals surface area contributed by atoms with Gasteiger partial charge < -0.3 is 20.8 Å². The number of carbonyl (C=O) groups is 1. The summed E-state index contributed by atoms with van der Waals surface area (Å²) in [6.07, 6.45) is -2.03. The molecule has 0 saturated heterocycles. The summed E-state index contributed by atoms with van der Waals surface area (Å²) in [5, 5.41) is 25.7. The van der Waals surface area contributed by atoms with E-state index in [-0.39, 0.29) is 18.0 Å². The van der Waals surface area contributed by atoms with Crippen LogP contribution >= 0.6 is 0 Å². The van der Waals surface area contributed by atoms with Gasteiger partial charge in [-0.15, -0.1) is 0 Å². The number of rotatable bonds is 6. The molecule has 0 aromatic heterocycles. The third-order valence-corrected chi connectivity index (χ3v) is 3.07. The Morgan fingerprint density at radius 3 is 2.24 bits per heavy atom. The highest BCUT2D eigenvalue weighted by atomic mass is 16.3. The van der Waals surface area contributed by atoms with Gasteiger partial charge in [0.2, 0.25) is 5.91 Å². The number of benzene rings is 1. The van der Waals surface area contributed by atoms with E-state index in [9.17, 15) is 15.0 Å². The van der Waals surface area contributed by atoms with Crippen molar-refractivity contribution in [3.63, 3.8) is 0 Å². The lowest BCUT2D eigenvalue weighted by molar-refractivity contribution is -0.119. The molecule has 0 fully saturated rings. The van der Waals surface area contributed by atoms with Gasteiger partial charge in [0.05, 0.1) is 0 Å². The maximum absolute atomic E-state index is 10.8. The van der Waals surface area contributed by atoms with E-state index in [0.29, 0.717) is 5.56 Å². The molecule has 0 aliphatic rings. The van der Waals surface area contributed by atoms with E-state index in [1.165, 1.54) is 6.92 Å². The van der Waals surface area contributed by atoms with E-state index in [4.69, 9.17) is 0 Å². The molecule has 5 nitrogen and oxygen atoms in total. The maximum Gasteiger partial charge on any atom is 0.216 e. The van der Waals surface area contributed by atoms with Crippen LogP contribution in [-0.4, -0.2) is 34.3 Å². The molecule has 0 radical (unpaired) electrons. The highest BCUT2D eigenvalue weighted by Gasteiger charge is 2.18. The molecular weight excluding hydrogens is 268 g/mol. The molecule has 0 aliphatic carbocycles. The average Bonchev–Trinajstić information content (AvgIpc) is 2.41. The van der Waals surface area contributed by atoms with Crippen molar-refractivity contribution in [3.05, 3.63) is 35.4 Å². The number of nitrogens with one attached hydrogen (secondary N) is 2. The number of hydrogen-bond donors (Lipinski definition) is 4. The van der Waals surface area contributed by atoms with Crippen LogP contribution in [0.1, 0.15) is 44.9 Å². The van der Waals surface area contributed by atoms with Gasteiger partial charge in [-0.3, -0.25) is 4.79 Å². The second-order valence-electron chi connectivity index (χ2n) is 6.29. The van der Waals surface area contributed by atoms with Gasteiger partial charge in [-0.1, -0.05) is 24.3 Å². The molecule has 1 rings (SSSR count). The predicted octanol–water partition coefficient (Wildman–Crippen LogP) is 1.11. The standard InChI is InChI=1S/C16H26N2O3/c1-11(19)17-10-14(20)15(21)13-7-5-12(6-8-13)9-18-16(2,3)4/h5-8,14-15,18,20-21H,9-10H2,1-4H3,(H,17,19). The largest absolute Gasteiger partial charge is 0.388 e. The molecule has 1 amide bonds. The van der Waals surface area contributed by atoms with Crippen LogP contribution in [0.25, 0.3) is 0 Å². The zero-order chi connectivity index (χ0) is 16.0. The summed E-state index contributed by atoms with van der Waals surface area (Å²) in [6.45, 7) is 8.45. The molecular formula is C16H26N2O3. The lowest BCUT2D eigenvalue weighted by Gasteiger charge is -2.21. The van der Waals surface area contributed by atoms with Crippen LogP contribution in [0, 0.1) is 0 Å². The Morgan fingerprint density at radius 1 is 1.19 bits per heavy atom. The number of carbonyl (C=O) groups excluding carboxylic acids is 1. The molecule has 21 heavy (non-hydrogen) atoms. The summed E-state index contributed by atoms with van der Waals surface area (Å²) in [4.78, 5) is 10.8. The number of aliphatic hydroxyl groups is 2. The first-order valence-corrected chi connectivity index (χ1v) is 7.13. The predicted molar refractivity (Wildman–Crippen MR) is 82.7 cm³/mol. The van der Waals surface area contributed by atoms with E-state index in [2.05, 4.69) is 31.4 Å². The van der Waals surface area contributed by atoms with E-state index in [0.717, 1.165) is 12.1 Å². The first-order valence-electron chi connectivity index (χ1n) is 7.13. The Morgan fingerprint density at radius 2 is 1.76 bits per heavy atom. The zero-order valence-corrected chi connectivity index (χ0v) is 13.2. The van der Waals surface area contributed by atoms with Gasteiger partial charge in [0.25, 0.3) is 0 Å². The lowest BCUT2D eigenvalue weighted by Crippen LogP contribution is -2.35. The molecule has 5 heteroatoms. The lowest BCUT2D eigenvalue weighted by atomic mass is 10.0. The Bertz CT molecular complexity index is 452. The quantitative estimate of drug-likeness (QED) is 0.633. The SMILES string of the molecule is CC(=O)NCC(O)C(O)c1ccc(CNC(C)(C)C)cc1. The van der Waals surface area contributed by atoms with Gasteiger partial charge >= 0.3 is 0 Å². The van der Waals surface area contributed by atoms with E-state index in [1.54, 1.807) is 12.1 Å². The Hall–Kier alpha value is -1.43. The molecule has 2 atom stereocenters. The number of aliphatic hydroxyl groups excluding tert-OH is 2. The van der Waals surface area contributed by atoms with Crippen LogP contribution in [0.3, 0.4) is 0 Å². The van der Waals surface area contributed by atoms with Crippen molar-refractivity contribution in [2.24, 2.45) is 0 Å². The molecule has 0 aliphatic heterocycles. The first kappa shape index (κ1) is 17.6. The number of hydrogen-bond acceptors (Lipinski definition) is 4. The van der Waals surface area contributed by atoms with Crippen molar-refractivity contribution >= 4 is 5.91 Å². The van der Waals surface area contributed by atoms with Crippen LogP contribution in [0.5, 0.6) is 0 Å². The van der Waals surface area contributed by atoms with Crippen molar-refractivity contribution in [1.29, 1.82) is 0 Å². The third kappa shape index (κ3) is 6.71. The highest BCUT2D eigenvalue weighted by Crippen LogP contribution is 2.17. The van der Waals surface area contributed by atoms with Gasteiger partial charge in [0, 0.05) is 25.6 Å². The summed E-state index contributed by atoms with van der Waals surface area (Å²) >= 11 is 0. The van der Waals surface area contributed by atoms with Crippen molar-refractivity contribution in [2.45, 2.75) is 52.0 Å². The summed E-state index contributed by atoms with van der Waals surface area (Å²) in [5.74, 6) is -0.232. The summed E-state index contributed by atoms with van der Waals surface area (Å²) < 4.78 is 0. The van der Waals surface area contributed by atoms with Crippen LogP contribution in [0.15, 0.2) is 24.3 Å². The fraction of sp³-hybridized carbons (Fsp3) is 0.562. The smallest absolute Gasteiger partial charge is 0.216 e. The van der Waals surface area contributed by atoms with E-state index in [1.807, 2.05) is 12.1 Å². The van der Waals surface area contributed by atoms with Crippen molar-refractivity contribution in [3.8, 4) is 0 Å².